The molecule has 0 saturated carbocycles. The number of aliphatic carboxylic acids is 1. The minimum atomic E-state index is -3.70. The zero-order chi connectivity index (χ0) is 25.0. The van der Waals surface area contributed by atoms with E-state index in [1.807, 2.05) is 34.6 Å². The average Bonchev–Trinajstić information content (AvgIpc) is 2.76. The van der Waals surface area contributed by atoms with Crippen LogP contribution in [-0.4, -0.2) is 41.9 Å². The first-order chi connectivity index (χ1) is 15.5. The maximum atomic E-state index is 13.3. The maximum absolute atomic E-state index is 13.3. The topological polar surface area (TPSA) is 135 Å². The Morgan fingerprint density at radius 3 is 2.06 bits per heavy atom. The second-order valence-electron chi connectivity index (χ2n) is 8.07. The van der Waals surface area contributed by atoms with E-state index in [1.165, 1.54) is 0 Å². The van der Waals surface area contributed by atoms with E-state index in [0.717, 1.165) is 6.42 Å². The van der Waals surface area contributed by atoms with Crippen molar-refractivity contribution in [2.75, 3.05) is 6.61 Å². The fraction of sp³-hybridized carbons (Fsp3) is 0.619. The van der Waals surface area contributed by atoms with Crippen LogP contribution in [0.1, 0.15) is 63.2 Å². The lowest BCUT2D eigenvalue weighted by Gasteiger charge is -2.25. The van der Waals surface area contributed by atoms with Crippen LogP contribution < -0.4 is 16.3 Å². The summed E-state index contributed by atoms with van der Waals surface area (Å²) >= 11 is 3.41. The Hall–Kier alpha value is -1.49. The minimum absolute atomic E-state index is 0.0555. The highest BCUT2D eigenvalue weighted by Gasteiger charge is 2.37. The number of amides is 1. The number of carbonyl (C=O) groups is 2. The molecule has 188 valence electrons. The first-order valence-electron chi connectivity index (χ1n) is 10.9. The summed E-state index contributed by atoms with van der Waals surface area (Å²) in [6.07, 6.45) is 0.857. The number of unbranched alkanes of at least 4 members (excludes halogenated alkanes) is 1. The van der Waals surface area contributed by atoms with E-state index in [-0.39, 0.29) is 25.1 Å². The standard InChI is InChI=1S/C21H35BrN3O7P/c1-6-7-12-30-21(28)23-18(20(26)27)13-16-8-10-17(11-9-16)19(22)33(29,31-24-14(2)3)32-25-15(4)5/h8-11,14-15,18-19,24-25H,6-7,12-13H2,1-5H3,(H,23,28)(H,26,27). The molecule has 0 fully saturated rings. The number of hydroxylamine groups is 2. The molecule has 0 radical (unpaired) electrons. The van der Waals surface area contributed by atoms with Gasteiger partial charge in [0.2, 0.25) is 0 Å². The maximum Gasteiger partial charge on any atom is 0.407 e. The van der Waals surface area contributed by atoms with Gasteiger partial charge in [-0.3, -0.25) is 4.57 Å². The van der Waals surface area contributed by atoms with E-state index >= 15 is 0 Å². The van der Waals surface area contributed by atoms with Gasteiger partial charge in [0.05, 0.1) is 6.61 Å². The van der Waals surface area contributed by atoms with Crippen LogP contribution in [0.15, 0.2) is 24.3 Å². The number of nitrogens with one attached hydrogen (secondary N) is 3. The first kappa shape index (κ1) is 29.5. The molecule has 12 heteroatoms. The molecule has 2 atom stereocenters. The third kappa shape index (κ3) is 11.0. The van der Waals surface area contributed by atoms with Crippen LogP contribution in [-0.2, 0) is 29.8 Å². The van der Waals surface area contributed by atoms with Crippen LogP contribution in [0.2, 0.25) is 0 Å². The van der Waals surface area contributed by atoms with Gasteiger partial charge in [0.15, 0.2) is 0 Å². The predicted molar refractivity (Wildman–Crippen MR) is 129 cm³/mol. The van der Waals surface area contributed by atoms with Crippen molar-refractivity contribution in [1.29, 1.82) is 0 Å². The number of carbonyl (C=O) groups excluding carboxylic acids is 1. The fourth-order valence-corrected chi connectivity index (χ4v) is 4.67. The van der Waals surface area contributed by atoms with E-state index in [2.05, 4.69) is 32.2 Å². The van der Waals surface area contributed by atoms with Crippen LogP contribution in [0.25, 0.3) is 0 Å². The van der Waals surface area contributed by atoms with Crippen LogP contribution >= 0.6 is 23.5 Å². The van der Waals surface area contributed by atoms with E-state index < -0.39 is 30.3 Å². The number of alkyl halides is 1. The van der Waals surface area contributed by atoms with Gasteiger partial charge in [-0.1, -0.05) is 53.5 Å². The summed E-state index contributed by atoms with van der Waals surface area (Å²) in [7, 11) is -3.70. The van der Waals surface area contributed by atoms with Gasteiger partial charge in [0.1, 0.15) is 10.6 Å². The predicted octanol–water partition coefficient (Wildman–Crippen LogP) is 4.65. The van der Waals surface area contributed by atoms with Gasteiger partial charge in [-0.05, 0) is 45.2 Å². The molecule has 0 aliphatic rings. The van der Waals surface area contributed by atoms with Crippen molar-refractivity contribution in [3.8, 4) is 0 Å². The summed E-state index contributed by atoms with van der Waals surface area (Å²) in [5.41, 5.74) is 6.61. The fourth-order valence-electron chi connectivity index (χ4n) is 2.39. The first-order valence-corrected chi connectivity index (χ1v) is 13.4. The van der Waals surface area contributed by atoms with Crippen LogP contribution in [0.3, 0.4) is 0 Å². The molecule has 2 unspecified atom stereocenters. The molecule has 0 saturated heterocycles. The Labute approximate surface area is 203 Å². The van der Waals surface area contributed by atoms with Crippen molar-refractivity contribution in [2.45, 2.75) is 76.6 Å². The summed E-state index contributed by atoms with van der Waals surface area (Å²) in [5.74, 6) is -1.17. The summed E-state index contributed by atoms with van der Waals surface area (Å²) < 4.78 is 28.3. The van der Waals surface area contributed by atoms with Crippen LogP contribution in [0, 0.1) is 0 Å². The van der Waals surface area contributed by atoms with Gasteiger partial charge in [-0.2, -0.15) is 11.0 Å². The van der Waals surface area contributed by atoms with Crippen molar-refractivity contribution < 1.29 is 33.2 Å². The summed E-state index contributed by atoms with van der Waals surface area (Å²) in [6, 6.07) is 5.45. The number of carboxylic acids is 1. The van der Waals surface area contributed by atoms with Crippen molar-refractivity contribution in [2.24, 2.45) is 0 Å². The number of ether oxygens (including phenoxy) is 1. The van der Waals surface area contributed by atoms with Crippen molar-refractivity contribution in [3.63, 3.8) is 0 Å². The molecule has 0 bridgehead atoms. The monoisotopic (exact) mass is 551 g/mol. The van der Waals surface area contributed by atoms with Gasteiger partial charge >= 0.3 is 19.7 Å². The van der Waals surface area contributed by atoms with Gasteiger partial charge in [0.25, 0.3) is 0 Å². The summed E-state index contributed by atoms with van der Waals surface area (Å²) in [6.45, 7) is 9.55. The Balaban J connectivity index is 2.89. The lowest BCUT2D eigenvalue weighted by atomic mass is 10.0. The van der Waals surface area contributed by atoms with Gasteiger partial charge in [-0.15, -0.1) is 0 Å². The summed E-state index contributed by atoms with van der Waals surface area (Å²) in [4.78, 5) is 23.4. The number of hydrogen-bond acceptors (Lipinski definition) is 8. The van der Waals surface area contributed by atoms with Crippen LogP contribution in [0.5, 0.6) is 0 Å². The molecule has 0 aliphatic heterocycles. The largest absolute Gasteiger partial charge is 0.480 e. The smallest absolute Gasteiger partial charge is 0.407 e. The van der Waals surface area contributed by atoms with E-state index in [4.69, 9.17) is 14.0 Å². The number of benzene rings is 1. The van der Waals surface area contributed by atoms with Crippen LogP contribution in [0.4, 0.5) is 4.79 Å². The van der Waals surface area contributed by atoms with Gasteiger partial charge in [-0.25, -0.2) is 18.8 Å². The third-order valence-electron chi connectivity index (χ3n) is 4.12. The highest BCUT2D eigenvalue weighted by atomic mass is 79.9. The number of hydrogen-bond donors (Lipinski definition) is 4. The Bertz CT molecular complexity index is 777. The van der Waals surface area contributed by atoms with E-state index in [1.54, 1.807) is 24.3 Å². The zero-order valence-electron chi connectivity index (χ0n) is 19.7. The molecule has 4 N–H and O–H groups in total. The molecule has 10 nitrogen and oxygen atoms in total. The molecular formula is C21H35BrN3O7P. The molecule has 0 spiro atoms. The highest BCUT2D eigenvalue weighted by Crippen LogP contribution is 2.63. The number of halogens is 1. The Kier molecular flexibility index (Phi) is 13.2. The number of carboxylic acid groups (broad SMARTS) is 1. The summed E-state index contributed by atoms with van der Waals surface area (Å²) in [5, 5.41) is 11.8. The molecular weight excluding hydrogens is 517 g/mol. The number of rotatable bonds is 15. The Morgan fingerprint density at radius 1 is 1.06 bits per heavy atom. The lowest BCUT2D eigenvalue weighted by molar-refractivity contribution is -0.139. The quantitative estimate of drug-likeness (QED) is 0.106. The second kappa shape index (κ2) is 14.7. The lowest BCUT2D eigenvalue weighted by Crippen LogP contribution is -2.42. The van der Waals surface area contributed by atoms with Crippen molar-refractivity contribution >= 4 is 35.6 Å². The normalized spacial score (nSPS) is 13.7. The molecule has 0 aromatic heterocycles. The molecule has 0 aliphatic carbocycles. The SMILES string of the molecule is CCCCOC(=O)NC(Cc1ccc(C(Br)P(=O)(ONC(C)C)ONC(C)C)cc1)C(=O)O. The molecule has 0 heterocycles. The third-order valence-corrected chi connectivity index (χ3v) is 7.73. The molecule has 1 aromatic carbocycles. The molecule has 1 aromatic rings. The minimum Gasteiger partial charge on any atom is -0.480 e. The molecule has 1 rings (SSSR count). The van der Waals surface area contributed by atoms with Gasteiger partial charge < -0.3 is 15.2 Å². The van der Waals surface area contributed by atoms with Gasteiger partial charge in [0, 0.05) is 18.5 Å². The Morgan fingerprint density at radius 2 is 1.61 bits per heavy atom. The van der Waals surface area contributed by atoms with Crippen molar-refractivity contribution in [3.05, 3.63) is 35.4 Å². The highest BCUT2D eigenvalue weighted by molar-refractivity contribution is 9.10. The van der Waals surface area contributed by atoms with E-state index in [9.17, 15) is 19.3 Å². The number of alkyl carbamates (subject to hydrolysis) is 1. The van der Waals surface area contributed by atoms with Crippen molar-refractivity contribution in [1.82, 2.24) is 16.3 Å². The molecule has 1 amide bonds. The molecule has 33 heavy (non-hydrogen) atoms. The van der Waals surface area contributed by atoms with E-state index in [0.29, 0.717) is 17.5 Å². The average molecular weight is 552 g/mol. The second-order valence-corrected chi connectivity index (χ2v) is 11.7. The zero-order valence-corrected chi connectivity index (χ0v) is 22.1.